The van der Waals surface area contributed by atoms with Gasteiger partial charge >= 0.3 is 11.9 Å². The number of rotatable bonds is 5. The SMILES string of the molecule is COc1ccc(-c2conc2-c2cc(OC(C)=O)cc(OC(C)=O)c2)cc1. The minimum atomic E-state index is -0.489. The van der Waals surface area contributed by atoms with E-state index in [1.165, 1.54) is 26.2 Å². The van der Waals surface area contributed by atoms with Gasteiger partial charge in [0.05, 0.1) is 7.11 Å². The number of carbonyl (C=O) groups excluding carboxylic acids is 2. The highest BCUT2D eigenvalue weighted by molar-refractivity contribution is 5.82. The maximum atomic E-state index is 11.3. The molecule has 27 heavy (non-hydrogen) atoms. The highest BCUT2D eigenvalue weighted by Gasteiger charge is 2.16. The Hall–Kier alpha value is -3.61. The largest absolute Gasteiger partial charge is 0.497 e. The molecule has 0 unspecified atom stereocenters. The Morgan fingerprint density at radius 2 is 1.44 bits per heavy atom. The Bertz CT molecular complexity index is 940. The van der Waals surface area contributed by atoms with Crippen LogP contribution in [0.15, 0.2) is 53.3 Å². The van der Waals surface area contributed by atoms with E-state index in [4.69, 9.17) is 18.7 Å². The van der Waals surface area contributed by atoms with Crippen LogP contribution in [0.3, 0.4) is 0 Å². The number of hydrogen-bond donors (Lipinski definition) is 0. The molecule has 7 heteroatoms. The Morgan fingerprint density at radius 1 is 0.852 bits per heavy atom. The summed E-state index contributed by atoms with van der Waals surface area (Å²) in [4.78, 5) is 22.6. The van der Waals surface area contributed by atoms with Gasteiger partial charge in [0.25, 0.3) is 0 Å². The van der Waals surface area contributed by atoms with Crippen LogP contribution in [-0.4, -0.2) is 24.2 Å². The van der Waals surface area contributed by atoms with Crippen LogP contribution in [0.2, 0.25) is 0 Å². The highest BCUT2D eigenvalue weighted by Crippen LogP contribution is 2.36. The number of carbonyl (C=O) groups is 2. The summed E-state index contributed by atoms with van der Waals surface area (Å²) in [5.41, 5.74) is 2.68. The Labute approximate surface area is 155 Å². The maximum Gasteiger partial charge on any atom is 0.308 e. The van der Waals surface area contributed by atoms with Gasteiger partial charge in [-0.15, -0.1) is 0 Å². The number of hydrogen-bond acceptors (Lipinski definition) is 7. The smallest absolute Gasteiger partial charge is 0.308 e. The molecule has 0 atom stereocenters. The second-order valence-electron chi connectivity index (χ2n) is 5.69. The monoisotopic (exact) mass is 367 g/mol. The van der Waals surface area contributed by atoms with Crippen molar-refractivity contribution in [1.82, 2.24) is 5.16 Å². The van der Waals surface area contributed by atoms with E-state index in [2.05, 4.69) is 5.16 Å². The number of esters is 2. The quantitative estimate of drug-likeness (QED) is 0.500. The standard InChI is InChI=1S/C20H17NO6/c1-12(22)26-17-8-15(9-18(10-17)27-13(2)23)20-19(11-25-21-20)14-4-6-16(24-3)7-5-14/h4-11H,1-3H3. The normalized spacial score (nSPS) is 10.3. The topological polar surface area (TPSA) is 87.9 Å². The third-order valence-electron chi connectivity index (χ3n) is 3.65. The summed E-state index contributed by atoms with van der Waals surface area (Å²) in [6.45, 7) is 2.58. The molecule has 0 N–H and O–H groups in total. The fourth-order valence-electron chi connectivity index (χ4n) is 2.58. The lowest BCUT2D eigenvalue weighted by molar-refractivity contribution is -0.132. The van der Waals surface area contributed by atoms with Gasteiger partial charge in [0.1, 0.15) is 29.2 Å². The zero-order valence-corrected chi connectivity index (χ0v) is 15.0. The number of ether oxygens (including phenoxy) is 3. The predicted molar refractivity (Wildman–Crippen MR) is 96.5 cm³/mol. The first-order chi connectivity index (χ1) is 13.0. The van der Waals surface area contributed by atoms with Crippen LogP contribution in [0.5, 0.6) is 17.2 Å². The van der Waals surface area contributed by atoms with Crippen molar-refractivity contribution in [3.05, 3.63) is 48.7 Å². The zero-order valence-electron chi connectivity index (χ0n) is 15.0. The lowest BCUT2D eigenvalue weighted by atomic mass is 10.0. The van der Waals surface area contributed by atoms with Gasteiger partial charge in [-0.2, -0.15) is 0 Å². The summed E-state index contributed by atoms with van der Waals surface area (Å²) >= 11 is 0. The molecule has 0 aliphatic rings. The van der Waals surface area contributed by atoms with E-state index in [1.807, 2.05) is 24.3 Å². The van der Waals surface area contributed by atoms with E-state index in [0.717, 1.165) is 16.9 Å². The van der Waals surface area contributed by atoms with Gasteiger partial charge in [-0.05, 0) is 29.8 Å². The average Bonchev–Trinajstić information content (AvgIpc) is 3.10. The first-order valence-electron chi connectivity index (χ1n) is 8.07. The third-order valence-corrected chi connectivity index (χ3v) is 3.65. The second-order valence-corrected chi connectivity index (χ2v) is 5.69. The molecule has 0 amide bonds. The van der Waals surface area contributed by atoms with E-state index in [-0.39, 0.29) is 11.5 Å². The molecule has 0 bridgehead atoms. The van der Waals surface area contributed by atoms with Crippen molar-refractivity contribution in [3.63, 3.8) is 0 Å². The summed E-state index contributed by atoms with van der Waals surface area (Å²) in [5.74, 6) is 0.221. The van der Waals surface area contributed by atoms with Crippen molar-refractivity contribution < 1.29 is 28.3 Å². The molecule has 0 aliphatic carbocycles. The van der Waals surface area contributed by atoms with Gasteiger partial charge in [0.2, 0.25) is 0 Å². The summed E-state index contributed by atoms with van der Waals surface area (Å²) < 4.78 is 20.6. The Kier molecular flexibility index (Phi) is 5.21. The molecule has 3 aromatic rings. The van der Waals surface area contributed by atoms with Gasteiger partial charge in [-0.1, -0.05) is 17.3 Å². The fourth-order valence-corrected chi connectivity index (χ4v) is 2.58. The number of nitrogens with zero attached hydrogens (tertiary/aromatic N) is 1. The van der Waals surface area contributed by atoms with Gasteiger partial charge < -0.3 is 18.7 Å². The molecule has 0 saturated carbocycles. The van der Waals surface area contributed by atoms with E-state index >= 15 is 0 Å². The van der Waals surface area contributed by atoms with E-state index < -0.39 is 11.9 Å². The summed E-state index contributed by atoms with van der Waals surface area (Å²) in [6.07, 6.45) is 1.52. The number of methoxy groups -OCH3 is 1. The van der Waals surface area contributed by atoms with Gasteiger partial charge in [0.15, 0.2) is 0 Å². The lowest BCUT2D eigenvalue weighted by Gasteiger charge is -2.09. The minimum Gasteiger partial charge on any atom is -0.497 e. The van der Waals surface area contributed by atoms with Crippen LogP contribution in [0.1, 0.15) is 13.8 Å². The molecule has 0 aliphatic heterocycles. The first-order valence-corrected chi connectivity index (χ1v) is 8.07. The van der Waals surface area contributed by atoms with Crippen molar-refractivity contribution in [2.45, 2.75) is 13.8 Å². The zero-order chi connectivity index (χ0) is 19.4. The van der Waals surface area contributed by atoms with Crippen LogP contribution in [0, 0.1) is 0 Å². The predicted octanol–water partition coefficient (Wildman–Crippen LogP) is 3.87. The molecule has 0 radical (unpaired) electrons. The molecule has 7 nitrogen and oxygen atoms in total. The van der Waals surface area contributed by atoms with Crippen LogP contribution < -0.4 is 14.2 Å². The van der Waals surface area contributed by atoms with E-state index in [0.29, 0.717) is 11.3 Å². The summed E-state index contributed by atoms with van der Waals surface area (Å²) in [7, 11) is 1.59. The molecular weight excluding hydrogens is 350 g/mol. The third kappa shape index (κ3) is 4.33. The Morgan fingerprint density at radius 3 is 1.96 bits per heavy atom. The molecule has 3 rings (SSSR count). The van der Waals surface area contributed by atoms with Crippen LogP contribution in [-0.2, 0) is 9.59 Å². The van der Waals surface area contributed by atoms with Crippen molar-refractivity contribution in [2.75, 3.05) is 7.11 Å². The number of aromatic nitrogens is 1. The second kappa shape index (κ2) is 7.74. The van der Waals surface area contributed by atoms with Gasteiger partial charge in [0, 0.05) is 31.0 Å². The van der Waals surface area contributed by atoms with Crippen LogP contribution in [0.4, 0.5) is 0 Å². The average molecular weight is 367 g/mol. The number of benzene rings is 2. The molecular formula is C20H17NO6. The van der Waals surface area contributed by atoms with E-state index in [9.17, 15) is 9.59 Å². The molecule has 0 fully saturated rings. The highest BCUT2D eigenvalue weighted by atomic mass is 16.5. The van der Waals surface area contributed by atoms with Gasteiger partial charge in [-0.3, -0.25) is 9.59 Å². The first kappa shape index (κ1) is 18.2. The minimum absolute atomic E-state index is 0.236. The molecule has 138 valence electrons. The lowest BCUT2D eigenvalue weighted by Crippen LogP contribution is -2.04. The van der Waals surface area contributed by atoms with Crippen molar-refractivity contribution in [3.8, 4) is 39.6 Å². The van der Waals surface area contributed by atoms with Crippen molar-refractivity contribution in [2.24, 2.45) is 0 Å². The van der Waals surface area contributed by atoms with Crippen LogP contribution >= 0.6 is 0 Å². The van der Waals surface area contributed by atoms with Crippen molar-refractivity contribution >= 4 is 11.9 Å². The molecule has 1 heterocycles. The van der Waals surface area contributed by atoms with E-state index in [1.54, 1.807) is 19.2 Å². The Balaban J connectivity index is 2.06. The molecule has 1 aromatic heterocycles. The van der Waals surface area contributed by atoms with Crippen molar-refractivity contribution in [1.29, 1.82) is 0 Å². The fraction of sp³-hybridized carbons (Fsp3) is 0.150. The molecule has 0 saturated heterocycles. The maximum absolute atomic E-state index is 11.3. The summed E-state index contributed by atoms with van der Waals surface area (Å²) in [5, 5.41) is 4.06. The molecule has 2 aromatic carbocycles. The summed E-state index contributed by atoms with van der Waals surface area (Å²) in [6, 6.07) is 12.1. The van der Waals surface area contributed by atoms with Crippen LogP contribution in [0.25, 0.3) is 22.4 Å². The molecule has 0 spiro atoms. The van der Waals surface area contributed by atoms with Gasteiger partial charge in [-0.25, -0.2) is 0 Å².